The number of hydrogen-bond acceptors (Lipinski definition) is 5. The van der Waals surface area contributed by atoms with Gasteiger partial charge in [-0.2, -0.15) is 0 Å². The third-order valence-electron chi connectivity index (χ3n) is 4.72. The third kappa shape index (κ3) is 4.47. The summed E-state index contributed by atoms with van der Waals surface area (Å²) in [5.74, 6) is 0.984. The van der Waals surface area contributed by atoms with Crippen LogP contribution in [0.3, 0.4) is 0 Å². The molecule has 0 spiro atoms. The van der Waals surface area contributed by atoms with Gasteiger partial charge in [0, 0.05) is 15.8 Å². The SMILES string of the molecule is COc1cc(C(=O)NNC(=O)c2csc3c2CCC(C)C3)ccc1OC(C)C. The molecule has 1 aliphatic rings. The molecule has 28 heavy (non-hydrogen) atoms. The third-order valence-corrected chi connectivity index (χ3v) is 5.78. The predicted molar refractivity (Wildman–Crippen MR) is 109 cm³/mol. The summed E-state index contributed by atoms with van der Waals surface area (Å²) in [6, 6.07) is 4.91. The maximum absolute atomic E-state index is 12.5. The molecule has 2 amide bonds. The Balaban J connectivity index is 1.65. The zero-order valence-corrected chi connectivity index (χ0v) is 17.4. The number of carbonyl (C=O) groups excluding carboxylic acids is 2. The molecule has 0 saturated carbocycles. The molecule has 0 bridgehead atoms. The second kappa shape index (κ2) is 8.65. The lowest BCUT2D eigenvalue weighted by atomic mass is 9.88. The number of methoxy groups -OCH3 is 1. The molecule has 6 nitrogen and oxygen atoms in total. The fourth-order valence-corrected chi connectivity index (χ4v) is 4.53. The topological polar surface area (TPSA) is 76.7 Å². The van der Waals surface area contributed by atoms with Gasteiger partial charge in [0.25, 0.3) is 11.8 Å². The second-order valence-corrected chi connectivity index (χ2v) is 8.30. The van der Waals surface area contributed by atoms with Crippen LogP contribution in [-0.4, -0.2) is 25.0 Å². The molecule has 1 aromatic carbocycles. The summed E-state index contributed by atoms with van der Waals surface area (Å²) in [6.07, 6.45) is 3.00. The summed E-state index contributed by atoms with van der Waals surface area (Å²) in [6.45, 7) is 6.06. The zero-order chi connectivity index (χ0) is 20.3. The molecule has 0 radical (unpaired) electrons. The van der Waals surface area contributed by atoms with Gasteiger partial charge in [0.05, 0.1) is 18.8 Å². The van der Waals surface area contributed by atoms with Crippen LogP contribution in [0.2, 0.25) is 0 Å². The van der Waals surface area contributed by atoms with Gasteiger partial charge in [-0.25, -0.2) is 0 Å². The van der Waals surface area contributed by atoms with Crippen molar-refractivity contribution in [1.82, 2.24) is 10.9 Å². The monoisotopic (exact) mass is 402 g/mol. The van der Waals surface area contributed by atoms with Crippen LogP contribution in [0.1, 0.15) is 58.3 Å². The largest absolute Gasteiger partial charge is 0.493 e. The average molecular weight is 403 g/mol. The van der Waals surface area contributed by atoms with Gasteiger partial charge < -0.3 is 9.47 Å². The number of carbonyl (C=O) groups is 2. The summed E-state index contributed by atoms with van der Waals surface area (Å²) in [5, 5.41) is 1.88. The van der Waals surface area contributed by atoms with Crippen molar-refractivity contribution in [1.29, 1.82) is 0 Å². The van der Waals surface area contributed by atoms with E-state index in [0.717, 1.165) is 24.8 Å². The number of ether oxygens (including phenoxy) is 2. The maximum atomic E-state index is 12.5. The molecule has 0 fully saturated rings. The molecule has 1 aromatic heterocycles. The summed E-state index contributed by atoms with van der Waals surface area (Å²) in [5.41, 5.74) is 7.15. The molecule has 1 heterocycles. The van der Waals surface area contributed by atoms with Crippen LogP contribution in [0.15, 0.2) is 23.6 Å². The van der Waals surface area contributed by atoms with Gasteiger partial charge in [0.15, 0.2) is 11.5 Å². The molecular weight excluding hydrogens is 376 g/mol. The van der Waals surface area contributed by atoms with Gasteiger partial charge in [0.1, 0.15) is 0 Å². The smallest absolute Gasteiger partial charge is 0.270 e. The van der Waals surface area contributed by atoms with E-state index in [1.54, 1.807) is 29.5 Å². The summed E-state index contributed by atoms with van der Waals surface area (Å²) < 4.78 is 11.0. The number of rotatable bonds is 5. The highest BCUT2D eigenvalue weighted by molar-refractivity contribution is 7.10. The zero-order valence-electron chi connectivity index (χ0n) is 16.6. The molecule has 1 unspecified atom stereocenters. The van der Waals surface area contributed by atoms with Crippen LogP contribution in [0.25, 0.3) is 0 Å². The Kier molecular flexibility index (Phi) is 6.24. The van der Waals surface area contributed by atoms with Gasteiger partial charge in [-0.3, -0.25) is 20.4 Å². The van der Waals surface area contributed by atoms with Crippen molar-refractivity contribution in [2.45, 2.75) is 46.1 Å². The van der Waals surface area contributed by atoms with Crippen molar-refractivity contribution < 1.29 is 19.1 Å². The fourth-order valence-electron chi connectivity index (χ4n) is 3.28. The standard InChI is InChI=1S/C21H26N2O4S/c1-12(2)27-17-8-6-14(10-18(17)26-4)20(24)22-23-21(25)16-11-28-19-9-13(3)5-7-15(16)19/h6,8,10-13H,5,7,9H2,1-4H3,(H,22,24)(H,23,25). The number of benzene rings is 1. The molecule has 0 saturated heterocycles. The normalized spacial score (nSPS) is 15.7. The minimum Gasteiger partial charge on any atom is -0.493 e. The summed E-state index contributed by atoms with van der Waals surface area (Å²) >= 11 is 1.62. The molecule has 3 rings (SSSR count). The highest BCUT2D eigenvalue weighted by atomic mass is 32.1. The van der Waals surface area contributed by atoms with Crippen molar-refractivity contribution in [2.75, 3.05) is 7.11 Å². The van der Waals surface area contributed by atoms with Crippen molar-refractivity contribution >= 4 is 23.2 Å². The first-order valence-corrected chi connectivity index (χ1v) is 10.3. The number of hydrogen-bond donors (Lipinski definition) is 2. The highest BCUT2D eigenvalue weighted by Crippen LogP contribution is 2.32. The van der Waals surface area contributed by atoms with Gasteiger partial charge in [0.2, 0.25) is 0 Å². The van der Waals surface area contributed by atoms with Crippen LogP contribution in [-0.2, 0) is 12.8 Å². The molecule has 1 aliphatic carbocycles. The van der Waals surface area contributed by atoms with Crippen molar-refractivity contribution in [2.24, 2.45) is 5.92 Å². The van der Waals surface area contributed by atoms with Crippen LogP contribution in [0.4, 0.5) is 0 Å². The van der Waals surface area contributed by atoms with Gasteiger partial charge >= 0.3 is 0 Å². The summed E-state index contributed by atoms with van der Waals surface area (Å²) in [4.78, 5) is 26.2. The van der Waals surface area contributed by atoms with E-state index in [1.165, 1.54) is 12.0 Å². The number of thiophene rings is 1. The lowest BCUT2D eigenvalue weighted by molar-refractivity contribution is 0.0846. The first kappa shape index (κ1) is 20.2. The highest BCUT2D eigenvalue weighted by Gasteiger charge is 2.23. The first-order chi connectivity index (χ1) is 13.4. The first-order valence-electron chi connectivity index (χ1n) is 9.43. The molecular formula is C21H26N2O4S. The minimum absolute atomic E-state index is 0.00704. The minimum atomic E-state index is -0.416. The fraction of sp³-hybridized carbons (Fsp3) is 0.429. The molecule has 7 heteroatoms. The van der Waals surface area contributed by atoms with E-state index in [-0.39, 0.29) is 12.0 Å². The number of hydrazine groups is 1. The Morgan fingerprint density at radius 2 is 1.93 bits per heavy atom. The lowest BCUT2D eigenvalue weighted by Gasteiger charge is -2.19. The Hall–Kier alpha value is -2.54. The van der Waals surface area contributed by atoms with E-state index in [9.17, 15) is 9.59 Å². The van der Waals surface area contributed by atoms with Crippen molar-refractivity contribution in [3.63, 3.8) is 0 Å². The second-order valence-electron chi connectivity index (χ2n) is 7.34. The van der Waals surface area contributed by atoms with E-state index >= 15 is 0 Å². The van der Waals surface area contributed by atoms with Gasteiger partial charge in [-0.15, -0.1) is 11.3 Å². The van der Waals surface area contributed by atoms with Crippen molar-refractivity contribution in [3.05, 3.63) is 45.1 Å². The van der Waals surface area contributed by atoms with Gasteiger partial charge in [-0.05, 0) is 62.8 Å². The quantitative estimate of drug-likeness (QED) is 0.747. The number of fused-ring (bicyclic) bond motifs is 1. The molecule has 150 valence electrons. The average Bonchev–Trinajstić information content (AvgIpc) is 3.08. The molecule has 0 aliphatic heterocycles. The maximum Gasteiger partial charge on any atom is 0.270 e. The number of amides is 2. The van der Waals surface area contributed by atoms with Crippen LogP contribution >= 0.6 is 11.3 Å². The van der Waals surface area contributed by atoms with E-state index in [1.807, 2.05) is 19.2 Å². The van der Waals surface area contributed by atoms with E-state index in [4.69, 9.17) is 9.47 Å². The Labute approximate surface area is 169 Å². The van der Waals surface area contributed by atoms with E-state index < -0.39 is 5.91 Å². The number of nitrogens with one attached hydrogen (secondary N) is 2. The Bertz CT molecular complexity index is 875. The lowest BCUT2D eigenvalue weighted by Crippen LogP contribution is -2.41. The predicted octanol–water partition coefficient (Wildman–Crippen LogP) is 3.74. The van der Waals surface area contributed by atoms with Crippen molar-refractivity contribution in [3.8, 4) is 11.5 Å². The Morgan fingerprint density at radius 1 is 1.18 bits per heavy atom. The van der Waals surface area contributed by atoms with E-state index in [2.05, 4.69) is 17.8 Å². The van der Waals surface area contributed by atoms with Crippen LogP contribution in [0.5, 0.6) is 11.5 Å². The molecule has 1 atom stereocenters. The molecule has 2 aromatic rings. The Morgan fingerprint density at radius 3 is 2.64 bits per heavy atom. The van der Waals surface area contributed by atoms with Crippen LogP contribution < -0.4 is 20.3 Å². The van der Waals surface area contributed by atoms with E-state index in [0.29, 0.717) is 28.5 Å². The van der Waals surface area contributed by atoms with Crippen LogP contribution in [0, 0.1) is 5.92 Å². The van der Waals surface area contributed by atoms with Gasteiger partial charge in [-0.1, -0.05) is 6.92 Å². The molecule has 2 N–H and O–H groups in total. The summed E-state index contributed by atoms with van der Waals surface area (Å²) in [7, 11) is 1.52.